The highest BCUT2D eigenvalue weighted by atomic mass is 35.5. The second kappa shape index (κ2) is 7.23. The summed E-state index contributed by atoms with van der Waals surface area (Å²) < 4.78 is 5.81. The number of benzene rings is 1. The number of likely N-dealkylation sites (tertiary alicyclic amines) is 1. The van der Waals surface area contributed by atoms with E-state index in [1.165, 1.54) is 12.8 Å². The lowest BCUT2D eigenvalue weighted by Crippen LogP contribution is -2.41. The second-order valence-electron chi connectivity index (χ2n) is 7.02. The summed E-state index contributed by atoms with van der Waals surface area (Å²) in [6.07, 6.45) is 7.46. The Morgan fingerprint density at radius 2 is 1.91 bits per heavy atom. The van der Waals surface area contributed by atoms with Gasteiger partial charge in [0.1, 0.15) is 6.61 Å². The molecule has 126 valence electrons. The molecule has 1 aliphatic carbocycles. The molecule has 4 heteroatoms. The van der Waals surface area contributed by atoms with Crippen LogP contribution in [-0.2, 0) is 14.9 Å². The van der Waals surface area contributed by atoms with Crippen molar-refractivity contribution in [2.75, 3.05) is 20.2 Å². The number of hydrogen-bond donors (Lipinski definition) is 0. The molecule has 3 rings (SSSR count). The number of hydrogen-bond acceptors (Lipinski definition) is 3. The number of halogens is 1. The van der Waals surface area contributed by atoms with Gasteiger partial charge in [-0.3, -0.25) is 4.79 Å². The standard InChI is InChI=1S/C19H26ClNO2/c1-21-13-5-6-17(21)14-23-18(22)19(11-3-2-4-12-19)15-7-9-16(20)10-8-15/h7-10,17H,2-6,11-14H2,1H3/t17-/m0/s1. The lowest BCUT2D eigenvalue weighted by atomic mass is 9.69. The van der Waals surface area contributed by atoms with Gasteiger partial charge in [-0.05, 0) is 57.0 Å². The number of nitrogens with zero attached hydrogens (tertiary/aromatic N) is 1. The SMILES string of the molecule is CN1CCC[C@H]1COC(=O)C1(c2ccc(Cl)cc2)CCCCC1. The molecular formula is C19H26ClNO2. The molecule has 0 N–H and O–H groups in total. The lowest BCUT2D eigenvalue weighted by Gasteiger charge is -2.36. The molecule has 1 aromatic rings. The number of carbonyl (C=O) groups is 1. The topological polar surface area (TPSA) is 29.5 Å². The summed E-state index contributed by atoms with van der Waals surface area (Å²) in [5.74, 6) is -0.0418. The van der Waals surface area contributed by atoms with Crippen LogP contribution >= 0.6 is 11.6 Å². The molecule has 0 amide bonds. The van der Waals surface area contributed by atoms with Crippen molar-refractivity contribution in [1.82, 2.24) is 4.90 Å². The van der Waals surface area contributed by atoms with Crippen LogP contribution in [0.15, 0.2) is 24.3 Å². The zero-order valence-electron chi connectivity index (χ0n) is 13.9. The minimum atomic E-state index is -0.472. The maximum Gasteiger partial charge on any atom is 0.316 e. The van der Waals surface area contributed by atoms with Crippen LogP contribution in [0.5, 0.6) is 0 Å². The van der Waals surface area contributed by atoms with Crippen molar-refractivity contribution in [3.63, 3.8) is 0 Å². The first-order valence-electron chi connectivity index (χ1n) is 8.75. The molecule has 1 aromatic carbocycles. The maximum atomic E-state index is 13.0. The molecule has 1 saturated heterocycles. The molecule has 0 spiro atoms. The van der Waals surface area contributed by atoms with E-state index < -0.39 is 5.41 Å². The van der Waals surface area contributed by atoms with E-state index in [0.29, 0.717) is 17.7 Å². The third-order valence-electron chi connectivity index (χ3n) is 5.57. The van der Waals surface area contributed by atoms with Gasteiger partial charge in [0.15, 0.2) is 0 Å². The number of carbonyl (C=O) groups excluding carboxylic acids is 1. The van der Waals surface area contributed by atoms with Crippen LogP contribution in [0.1, 0.15) is 50.5 Å². The average molecular weight is 336 g/mol. The van der Waals surface area contributed by atoms with Gasteiger partial charge in [0, 0.05) is 11.1 Å². The Morgan fingerprint density at radius 1 is 1.22 bits per heavy atom. The molecular weight excluding hydrogens is 310 g/mol. The van der Waals surface area contributed by atoms with E-state index in [1.54, 1.807) is 0 Å². The van der Waals surface area contributed by atoms with E-state index in [1.807, 2.05) is 24.3 Å². The number of esters is 1. The highest BCUT2D eigenvalue weighted by molar-refractivity contribution is 6.30. The van der Waals surface area contributed by atoms with Gasteiger partial charge in [-0.2, -0.15) is 0 Å². The van der Waals surface area contributed by atoms with Crippen molar-refractivity contribution in [3.05, 3.63) is 34.9 Å². The fourth-order valence-corrected chi connectivity index (χ4v) is 4.16. The third kappa shape index (κ3) is 3.56. The van der Waals surface area contributed by atoms with Gasteiger partial charge in [0.2, 0.25) is 0 Å². The highest BCUT2D eigenvalue weighted by Crippen LogP contribution is 2.41. The van der Waals surface area contributed by atoms with Crippen LogP contribution in [0.3, 0.4) is 0 Å². The van der Waals surface area contributed by atoms with E-state index in [4.69, 9.17) is 16.3 Å². The van der Waals surface area contributed by atoms with Crippen LogP contribution < -0.4 is 0 Å². The number of ether oxygens (including phenoxy) is 1. The van der Waals surface area contributed by atoms with Crippen molar-refractivity contribution in [1.29, 1.82) is 0 Å². The Morgan fingerprint density at radius 3 is 2.52 bits per heavy atom. The Labute approximate surface area is 144 Å². The number of rotatable bonds is 4. The van der Waals surface area contributed by atoms with E-state index in [-0.39, 0.29) is 5.97 Å². The normalized spacial score (nSPS) is 24.5. The summed E-state index contributed by atoms with van der Waals surface area (Å²) in [5.41, 5.74) is 0.589. The van der Waals surface area contributed by atoms with Crippen LogP contribution in [-0.4, -0.2) is 37.1 Å². The molecule has 1 heterocycles. The van der Waals surface area contributed by atoms with Crippen LogP contribution in [0.4, 0.5) is 0 Å². The second-order valence-corrected chi connectivity index (χ2v) is 7.46. The maximum absolute atomic E-state index is 13.0. The first kappa shape index (κ1) is 16.8. The molecule has 0 aromatic heterocycles. The van der Waals surface area contributed by atoms with Gasteiger partial charge in [0.05, 0.1) is 5.41 Å². The van der Waals surface area contributed by atoms with E-state index in [9.17, 15) is 4.79 Å². The van der Waals surface area contributed by atoms with Crippen molar-refractivity contribution < 1.29 is 9.53 Å². The Balaban J connectivity index is 1.75. The molecule has 23 heavy (non-hydrogen) atoms. The van der Waals surface area contributed by atoms with Crippen LogP contribution in [0.2, 0.25) is 5.02 Å². The highest BCUT2D eigenvalue weighted by Gasteiger charge is 2.43. The zero-order chi connectivity index (χ0) is 16.3. The van der Waals surface area contributed by atoms with Gasteiger partial charge in [0.25, 0.3) is 0 Å². The summed E-state index contributed by atoms with van der Waals surface area (Å²) in [7, 11) is 2.11. The molecule has 0 unspecified atom stereocenters. The Bertz CT molecular complexity index is 537. The monoisotopic (exact) mass is 335 g/mol. The molecule has 1 atom stereocenters. The van der Waals surface area contributed by atoms with Crippen molar-refractivity contribution >= 4 is 17.6 Å². The molecule has 2 aliphatic rings. The minimum Gasteiger partial charge on any atom is -0.463 e. The smallest absolute Gasteiger partial charge is 0.316 e. The van der Waals surface area contributed by atoms with Gasteiger partial charge < -0.3 is 9.64 Å². The van der Waals surface area contributed by atoms with Crippen LogP contribution in [0, 0.1) is 0 Å². The predicted octanol–water partition coefficient (Wildman–Crippen LogP) is 4.18. The van der Waals surface area contributed by atoms with Crippen molar-refractivity contribution in [2.24, 2.45) is 0 Å². The van der Waals surface area contributed by atoms with E-state index in [2.05, 4.69) is 11.9 Å². The summed E-state index contributed by atoms with van der Waals surface area (Å²) in [5, 5.41) is 0.709. The zero-order valence-corrected chi connectivity index (χ0v) is 14.6. The molecule has 1 aliphatic heterocycles. The molecule has 3 nitrogen and oxygen atoms in total. The molecule has 0 radical (unpaired) electrons. The number of likely N-dealkylation sites (N-methyl/N-ethyl adjacent to an activating group) is 1. The summed E-state index contributed by atoms with van der Waals surface area (Å²) in [6.45, 7) is 1.62. The van der Waals surface area contributed by atoms with Gasteiger partial charge in [-0.15, -0.1) is 0 Å². The summed E-state index contributed by atoms with van der Waals surface area (Å²) in [6, 6.07) is 8.13. The average Bonchev–Trinajstić information content (AvgIpc) is 2.99. The largest absolute Gasteiger partial charge is 0.463 e. The van der Waals surface area contributed by atoms with Gasteiger partial charge in [-0.25, -0.2) is 0 Å². The molecule has 0 bridgehead atoms. The van der Waals surface area contributed by atoms with E-state index in [0.717, 1.165) is 44.2 Å². The van der Waals surface area contributed by atoms with Crippen molar-refractivity contribution in [3.8, 4) is 0 Å². The van der Waals surface area contributed by atoms with E-state index >= 15 is 0 Å². The molecule has 1 saturated carbocycles. The van der Waals surface area contributed by atoms with Gasteiger partial charge in [-0.1, -0.05) is 43.0 Å². The predicted molar refractivity (Wildman–Crippen MR) is 92.8 cm³/mol. The summed E-state index contributed by atoms with van der Waals surface area (Å²) in [4.78, 5) is 15.3. The van der Waals surface area contributed by atoms with Gasteiger partial charge >= 0.3 is 5.97 Å². The first-order chi connectivity index (χ1) is 11.1. The quantitative estimate of drug-likeness (QED) is 0.773. The minimum absolute atomic E-state index is 0.0418. The first-order valence-corrected chi connectivity index (χ1v) is 9.13. The fraction of sp³-hybridized carbons (Fsp3) is 0.632. The summed E-state index contributed by atoms with van der Waals surface area (Å²) >= 11 is 6.02. The van der Waals surface area contributed by atoms with Crippen molar-refractivity contribution in [2.45, 2.75) is 56.4 Å². The van der Waals surface area contributed by atoms with Crippen LogP contribution in [0.25, 0.3) is 0 Å². The lowest BCUT2D eigenvalue weighted by molar-refractivity contribution is -0.153. The Hall–Kier alpha value is -1.06. The fourth-order valence-electron chi connectivity index (χ4n) is 4.03. The molecule has 2 fully saturated rings. The Kier molecular flexibility index (Phi) is 5.27. The third-order valence-corrected chi connectivity index (χ3v) is 5.82.